The standard InChI is InChI=1S/C29H48O6/c1-5-7-13-30-16-19-33-21-18-32-15-12-26(3)28-10-9-11-29(24-28)27(4)25-35-23-22-34-20-17-31-14-8-6-2/h9-12,24-25H,5-8,13-23H2,1-4H3/b26-12+,27-25+. The average molecular weight is 493 g/mol. The molecule has 0 aliphatic carbocycles. The maximum absolute atomic E-state index is 5.67. The second-order valence-corrected chi connectivity index (χ2v) is 8.37. The maximum atomic E-state index is 5.67. The fourth-order valence-electron chi connectivity index (χ4n) is 3.01. The first-order valence-corrected chi connectivity index (χ1v) is 13.1. The van der Waals surface area contributed by atoms with E-state index in [1.54, 1.807) is 6.26 Å². The minimum atomic E-state index is 0.526. The smallest absolute Gasteiger partial charge is 0.111 e. The van der Waals surface area contributed by atoms with E-state index in [9.17, 15) is 0 Å². The van der Waals surface area contributed by atoms with Crippen LogP contribution >= 0.6 is 0 Å². The van der Waals surface area contributed by atoms with Gasteiger partial charge in [-0.05, 0) is 55.0 Å². The molecule has 35 heavy (non-hydrogen) atoms. The molecule has 0 aromatic heterocycles. The molecule has 0 spiro atoms. The van der Waals surface area contributed by atoms with Crippen molar-refractivity contribution in [2.24, 2.45) is 0 Å². The molecule has 1 aromatic rings. The summed E-state index contributed by atoms with van der Waals surface area (Å²) in [6.07, 6.45) is 8.42. The molecule has 6 heteroatoms. The number of allylic oxidation sites excluding steroid dienone is 2. The summed E-state index contributed by atoms with van der Waals surface area (Å²) >= 11 is 0. The molecule has 0 atom stereocenters. The number of hydrogen-bond donors (Lipinski definition) is 0. The topological polar surface area (TPSA) is 55.4 Å². The van der Waals surface area contributed by atoms with Gasteiger partial charge in [-0.15, -0.1) is 0 Å². The lowest BCUT2D eigenvalue weighted by molar-refractivity contribution is 0.0190. The van der Waals surface area contributed by atoms with Crippen molar-refractivity contribution < 1.29 is 28.4 Å². The van der Waals surface area contributed by atoms with Crippen LogP contribution in [0.1, 0.15) is 64.5 Å². The van der Waals surface area contributed by atoms with Crippen molar-refractivity contribution in [2.45, 2.75) is 53.4 Å². The highest BCUT2D eigenvalue weighted by Gasteiger charge is 2.01. The number of hydrogen-bond acceptors (Lipinski definition) is 6. The number of unbranched alkanes of at least 4 members (excludes halogenated alkanes) is 2. The molecule has 1 rings (SSSR count). The normalized spacial score (nSPS) is 12.3. The van der Waals surface area contributed by atoms with Gasteiger partial charge in [0.15, 0.2) is 0 Å². The van der Waals surface area contributed by atoms with E-state index < -0.39 is 0 Å². The second kappa shape index (κ2) is 22.7. The van der Waals surface area contributed by atoms with Crippen LogP contribution in [0.2, 0.25) is 0 Å². The Hall–Kier alpha value is -1.70. The number of rotatable bonds is 23. The van der Waals surface area contributed by atoms with Gasteiger partial charge in [-0.25, -0.2) is 0 Å². The van der Waals surface area contributed by atoms with Crippen LogP contribution in [0.3, 0.4) is 0 Å². The quantitative estimate of drug-likeness (QED) is 0.135. The molecule has 200 valence electrons. The molecule has 1 aromatic carbocycles. The summed E-state index contributed by atoms with van der Waals surface area (Å²) in [5, 5.41) is 0. The predicted octanol–water partition coefficient (Wildman–Crippen LogP) is 6.15. The van der Waals surface area contributed by atoms with Gasteiger partial charge < -0.3 is 28.4 Å². The predicted molar refractivity (Wildman–Crippen MR) is 144 cm³/mol. The zero-order valence-electron chi connectivity index (χ0n) is 22.5. The summed E-state index contributed by atoms with van der Waals surface area (Å²) in [5.41, 5.74) is 4.57. The van der Waals surface area contributed by atoms with Gasteiger partial charge in [0, 0.05) is 13.2 Å². The van der Waals surface area contributed by atoms with Crippen LogP contribution in [-0.4, -0.2) is 72.7 Å². The summed E-state index contributed by atoms with van der Waals surface area (Å²) in [5.74, 6) is 0. The molecule has 0 heterocycles. The first kappa shape index (κ1) is 31.3. The zero-order chi connectivity index (χ0) is 25.4. The number of benzene rings is 1. The molecular formula is C29H48O6. The van der Waals surface area contributed by atoms with Gasteiger partial charge in [0.2, 0.25) is 0 Å². The minimum Gasteiger partial charge on any atom is -0.498 e. The Kier molecular flexibility index (Phi) is 20.4. The molecule has 0 aliphatic heterocycles. The molecular weight excluding hydrogens is 444 g/mol. The van der Waals surface area contributed by atoms with Gasteiger partial charge in [0.25, 0.3) is 0 Å². The van der Waals surface area contributed by atoms with Crippen LogP contribution in [0.5, 0.6) is 0 Å². The van der Waals surface area contributed by atoms with E-state index in [1.807, 2.05) is 0 Å². The summed E-state index contributed by atoms with van der Waals surface area (Å²) < 4.78 is 33.3. The maximum Gasteiger partial charge on any atom is 0.111 e. The van der Waals surface area contributed by atoms with E-state index in [0.29, 0.717) is 59.5 Å². The lowest BCUT2D eigenvalue weighted by Gasteiger charge is -2.09. The van der Waals surface area contributed by atoms with E-state index in [2.05, 4.69) is 58.0 Å². The van der Waals surface area contributed by atoms with Crippen LogP contribution in [0.4, 0.5) is 0 Å². The minimum absolute atomic E-state index is 0.526. The zero-order valence-corrected chi connectivity index (χ0v) is 22.5. The van der Waals surface area contributed by atoms with E-state index in [0.717, 1.165) is 50.0 Å². The van der Waals surface area contributed by atoms with Gasteiger partial charge in [-0.1, -0.05) is 51.0 Å². The Morgan fingerprint density at radius 3 is 1.69 bits per heavy atom. The van der Waals surface area contributed by atoms with Crippen molar-refractivity contribution in [1.29, 1.82) is 0 Å². The summed E-state index contributed by atoms with van der Waals surface area (Å²) in [6.45, 7) is 15.4. The van der Waals surface area contributed by atoms with Crippen molar-refractivity contribution in [2.75, 3.05) is 72.7 Å². The molecule has 0 unspecified atom stereocenters. The van der Waals surface area contributed by atoms with E-state index in [1.165, 1.54) is 11.1 Å². The van der Waals surface area contributed by atoms with Crippen molar-refractivity contribution in [3.63, 3.8) is 0 Å². The Morgan fingerprint density at radius 2 is 1.11 bits per heavy atom. The third kappa shape index (κ3) is 17.4. The summed E-state index contributed by atoms with van der Waals surface area (Å²) in [4.78, 5) is 0. The molecule has 0 saturated heterocycles. The lowest BCUT2D eigenvalue weighted by atomic mass is 10.0. The highest BCUT2D eigenvalue weighted by molar-refractivity contribution is 5.70. The highest BCUT2D eigenvalue weighted by Crippen LogP contribution is 2.20. The van der Waals surface area contributed by atoms with Gasteiger partial charge in [-0.3, -0.25) is 0 Å². The van der Waals surface area contributed by atoms with Crippen LogP contribution in [-0.2, 0) is 28.4 Å². The summed E-state index contributed by atoms with van der Waals surface area (Å²) in [7, 11) is 0. The van der Waals surface area contributed by atoms with E-state index in [-0.39, 0.29) is 0 Å². The van der Waals surface area contributed by atoms with Gasteiger partial charge in [0.05, 0.1) is 59.1 Å². The third-order valence-electron chi connectivity index (χ3n) is 5.29. The molecule has 6 nitrogen and oxygen atoms in total. The fraction of sp³-hybridized carbons (Fsp3) is 0.655. The molecule has 0 N–H and O–H groups in total. The lowest BCUT2D eigenvalue weighted by Crippen LogP contribution is -2.09. The van der Waals surface area contributed by atoms with Crippen molar-refractivity contribution in [3.8, 4) is 0 Å². The molecule has 0 amide bonds. The Bertz CT molecular complexity index is 686. The number of ether oxygens (including phenoxy) is 6. The van der Waals surface area contributed by atoms with Gasteiger partial charge in [0.1, 0.15) is 6.61 Å². The molecule has 0 bridgehead atoms. The molecule has 0 fully saturated rings. The first-order valence-electron chi connectivity index (χ1n) is 13.1. The molecule has 0 aliphatic rings. The van der Waals surface area contributed by atoms with Crippen LogP contribution in [0.15, 0.2) is 36.6 Å². The molecule has 0 radical (unpaired) electrons. The van der Waals surface area contributed by atoms with Crippen LogP contribution in [0.25, 0.3) is 11.1 Å². The Labute approximate surface area is 213 Å². The largest absolute Gasteiger partial charge is 0.498 e. The molecule has 0 saturated carbocycles. The van der Waals surface area contributed by atoms with Crippen LogP contribution < -0.4 is 0 Å². The third-order valence-corrected chi connectivity index (χ3v) is 5.29. The monoisotopic (exact) mass is 492 g/mol. The van der Waals surface area contributed by atoms with Crippen molar-refractivity contribution >= 4 is 11.1 Å². The van der Waals surface area contributed by atoms with Crippen molar-refractivity contribution in [1.82, 2.24) is 0 Å². The van der Waals surface area contributed by atoms with E-state index in [4.69, 9.17) is 28.4 Å². The second-order valence-electron chi connectivity index (χ2n) is 8.37. The van der Waals surface area contributed by atoms with E-state index >= 15 is 0 Å². The summed E-state index contributed by atoms with van der Waals surface area (Å²) in [6, 6.07) is 8.45. The van der Waals surface area contributed by atoms with Gasteiger partial charge >= 0.3 is 0 Å². The first-order chi connectivity index (χ1) is 17.2. The van der Waals surface area contributed by atoms with Crippen LogP contribution in [0, 0.1) is 0 Å². The SMILES string of the molecule is CCCCOCCOCCO/C=C(\C)c1cccc(/C(C)=C/COCCOCCOCCCC)c1. The average Bonchev–Trinajstić information content (AvgIpc) is 2.88. The Balaban J connectivity index is 2.22. The Morgan fingerprint density at radius 1 is 0.629 bits per heavy atom. The van der Waals surface area contributed by atoms with Gasteiger partial charge in [-0.2, -0.15) is 0 Å². The van der Waals surface area contributed by atoms with Crippen molar-refractivity contribution in [3.05, 3.63) is 47.7 Å². The highest BCUT2D eigenvalue weighted by atomic mass is 16.5. The fourth-order valence-corrected chi connectivity index (χ4v) is 3.01.